The van der Waals surface area contributed by atoms with Gasteiger partial charge in [0, 0.05) is 22.7 Å². The molecular formula is C14H16N4OS. The zero-order valence-electron chi connectivity index (χ0n) is 11.4. The van der Waals surface area contributed by atoms with Crippen molar-refractivity contribution in [3.05, 3.63) is 52.8 Å². The van der Waals surface area contributed by atoms with Gasteiger partial charge in [0.15, 0.2) is 11.0 Å². The third kappa shape index (κ3) is 3.48. The van der Waals surface area contributed by atoms with Crippen molar-refractivity contribution in [3.8, 4) is 0 Å². The van der Waals surface area contributed by atoms with Gasteiger partial charge in [-0.15, -0.1) is 0 Å². The molecule has 1 heterocycles. The van der Waals surface area contributed by atoms with Crippen molar-refractivity contribution < 1.29 is 5.21 Å². The quantitative estimate of drug-likeness (QED) is 0.225. The first kappa shape index (κ1) is 14.3. The van der Waals surface area contributed by atoms with E-state index in [1.54, 1.807) is 0 Å². The zero-order valence-corrected chi connectivity index (χ0v) is 12.2. The van der Waals surface area contributed by atoms with Crippen LogP contribution in [-0.4, -0.2) is 21.0 Å². The van der Waals surface area contributed by atoms with Crippen LogP contribution in [0.4, 0.5) is 0 Å². The highest BCUT2D eigenvalue weighted by atomic mass is 32.2. The van der Waals surface area contributed by atoms with Gasteiger partial charge in [-0.3, -0.25) is 0 Å². The number of aryl methyl sites for hydroxylation is 2. The number of amidine groups is 1. The molecule has 1 aromatic carbocycles. The minimum absolute atomic E-state index is 0.113. The number of oxime groups is 1. The van der Waals surface area contributed by atoms with Crippen LogP contribution in [0.1, 0.15) is 22.5 Å². The molecule has 20 heavy (non-hydrogen) atoms. The molecule has 3 N–H and O–H groups in total. The highest BCUT2D eigenvalue weighted by Crippen LogP contribution is 2.22. The maximum Gasteiger partial charge on any atom is 0.188 e. The van der Waals surface area contributed by atoms with E-state index in [0.29, 0.717) is 5.75 Å². The number of hydrogen-bond acceptors (Lipinski definition) is 5. The Hall–Kier alpha value is -2.08. The van der Waals surface area contributed by atoms with Crippen LogP contribution in [0, 0.1) is 13.8 Å². The average molecular weight is 288 g/mol. The van der Waals surface area contributed by atoms with Crippen LogP contribution in [0.5, 0.6) is 0 Å². The number of rotatable bonds is 4. The molecule has 6 heteroatoms. The summed E-state index contributed by atoms with van der Waals surface area (Å²) in [6.07, 6.45) is 0. The first-order valence-corrected chi connectivity index (χ1v) is 7.09. The van der Waals surface area contributed by atoms with Crippen LogP contribution in [0.15, 0.2) is 40.6 Å². The van der Waals surface area contributed by atoms with Crippen molar-refractivity contribution in [2.45, 2.75) is 24.8 Å². The van der Waals surface area contributed by atoms with Crippen molar-refractivity contribution in [3.63, 3.8) is 0 Å². The summed E-state index contributed by atoms with van der Waals surface area (Å²) in [5, 5.41) is 12.6. The molecule has 2 rings (SSSR count). The summed E-state index contributed by atoms with van der Waals surface area (Å²) in [6, 6.07) is 9.49. The fourth-order valence-electron chi connectivity index (χ4n) is 1.85. The second-order valence-corrected chi connectivity index (χ2v) is 5.31. The van der Waals surface area contributed by atoms with E-state index in [-0.39, 0.29) is 5.84 Å². The van der Waals surface area contributed by atoms with Gasteiger partial charge in [0.2, 0.25) is 0 Å². The Morgan fingerprint density at radius 3 is 2.55 bits per heavy atom. The lowest BCUT2D eigenvalue weighted by molar-refractivity contribution is 0.318. The Morgan fingerprint density at radius 1 is 1.25 bits per heavy atom. The van der Waals surface area contributed by atoms with Crippen molar-refractivity contribution in [1.82, 2.24) is 9.97 Å². The lowest BCUT2D eigenvalue weighted by Gasteiger charge is -2.07. The smallest absolute Gasteiger partial charge is 0.188 e. The van der Waals surface area contributed by atoms with Gasteiger partial charge >= 0.3 is 0 Å². The molecular weight excluding hydrogens is 272 g/mol. The van der Waals surface area contributed by atoms with Gasteiger partial charge in [0.25, 0.3) is 0 Å². The van der Waals surface area contributed by atoms with Crippen LogP contribution >= 0.6 is 11.8 Å². The second kappa shape index (κ2) is 6.38. The average Bonchev–Trinajstić information content (AvgIpc) is 2.43. The summed E-state index contributed by atoms with van der Waals surface area (Å²) in [4.78, 5) is 8.77. The molecule has 0 saturated carbocycles. The Kier molecular flexibility index (Phi) is 4.57. The van der Waals surface area contributed by atoms with E-state index < -0.39 is 0 Å². The maximum atomic E-state index is 8.80. The first-order chi connectivity index (χ1) is 9.60. The van der Waals surface area contributed by atoms with Crippen molar-refractivity contribution in [2.24, 2.45) is 10.9 Å². The van der Waals surface area contributed by atoms with E-state index in [1.165, 1.54) is 11.8 Å². The Labute approximate surface area is 121 Å². The predicted octanol–water partition coefficient (Wildman–Crippen LogP) is 2.48. The summed E-state index contributed by atoms with van der Waals surface area (Å²) < 4.78 is 0. The summed E-state index contributed by atoms with van der Waals surface area (Å²) in [5.41, 5.74) is 9.28. The number of thioether (sulfide) groups is 1. The Morgan fingerprint density at radius 2 is 1.90 bits per heavy atom. The third-order valence-corrected chi connectivity index (χ3v) is 3.62. The van der Waals surface area contributed by atoms with Crippen molar-refractivity contribution in [2.75, 3.05) is 0 Å². The van der Waals surface area contributed by atoms with Gasteiger partial charge in [-0.2, -0.15) is 0 Å². The van der Waals surface area contributed by atoms with E-state index in [4.69, 9.17) is 10.9 Å². The standard InChI is InChI=1S/C14H16N4OS/c1-9-7-10(2)17-14(16-9)20-8-11-5-3-4-6-12(11)13(15)18-19/h3-7,19H,8H2,1-2H3,(H2,15,18). The number of hydrogen-bond donors (Lipinski definition) is 2. The lowest BCUT2D eigenvalue weighted by Crippen LogP contribution is -2.15. The summed E-state index contributed by atoms with van der Waals surface area (Å²) in [7, 11) is 0. The minimum atomic E-state index is 0.113. The molecule has 0 radical (unpaired) electrons. The third-order valence-electron chi connectivity index (χ3n) is 2.72. The molecule has 1 aromatic heterocycles. The molecule has 0 aliphatic carbocycles. The van der Waals surface area contributed by atoms with Gasteiger partial charge in [-0.25, -0.2) is 9.97 Å². The highest BCUT2D eigenvalue weighted by Gasteiger charge is 2.08. The maximum absolute atomic E-state index is 8.80. The van der Waals surface area contributed by atoms with Crippen LogP contribution in [0.2, 0.25) is 0 Å². The number of benzene rings is 1. The Balaban J connectivity index is 2.19. The first-order valence-electron chi connectivity index (χ1n) is 6.11. The lowest BCUT2D eigenvalue weighted by atomic mass is 10.1. The largest absolute Gasteiger partial charge is 0.409 e. The molecule has 0 spiro atoms. The van der Waals surface area contributed by atoms with Gasteiger partial charge in [-0.1, -0.05) is 41.2 Å². The van der Waals surface area contributed by atoms with Gasteiger partial charge in [0.05, 0.1) is 0 Å². The fraction of sp³-hybridized carbons (Fsp3) is 0.214. The van der Waals surface area contributed by atoms with Crippen LogP contribution in [0.3, 0.4) is 0 Å². The molecule has 0 amide bonds. The monoisotopic (exact) mass is 288 g/mol. The van der Waals surface area contributed by atoms with Gasteiger partial charge < -0.3 is 10.9 Å². The van der Waals surface area contributed by atoms with Gasteiger partial charge in [-0.05, 0) is 25.5 Å². The van der Waals surface area contributed by atoms with E-state index in [2.05, 4.69) is 15.1 Å². The van der Waals surface area contributed by atoms with E-state index in [0.717, 1.165) is 27.7 Å². The van der Waals surface area contributed by atoms with Gasteiger partial charge in [0.1, 0.15) is 0 Å². The summed E-state index contributed by atoms with van der Waals surface area (Å²) in [6.45, 7) is 3.90. The van der Waals surface area contributed by atoms with E-state index in [1.807, 2.05) is 44.2 Å². The zero-order chi connectivity index (χ0) is 14.5. The van der Waals surface area contributed by atoms with Crippen molar-refractivity contribution in [1.29, 1.82) is 0 Å². The molecule has 0 fully saturated rings. The predicted molar refractivity (Wildman–Crippen MR) is 80.0 cm³/mol. The normalized spacial score (nSPS) is 11.6. The summed E-state index contributed by atoms with van der Waals surface area (Å²) in [5.74, 6) is 0.775. The molecule has 0 aliphatic heterocycles. The van der Waals surface area contributed by atoms with Crippen LogP contribution < -0.4 is 5.73 Å². The SMILES string of the molecule is Cc1cc(C)nc(SCc2ccccc2C(N)=NO)n1. The van der Waals surface area contributed by atoms with Crippen molar-refractivity contribution >= 4 is 17.6 Å². The highest BCUT2D eigenvalue weighted by molar-refractivity contribution is 7.98. The van der Waals surface area contributed by atoms with Crippen LogP contribution in [0.25, 0.3) is 0 Å². The number of nitrogens with two attached hydrogens (primary N) is 1. The molecule has 0 bridgehead atoms. The molecule has 0 saturated heterocycles. The van der Waals surface area contributed by atoms with E-state index in [9.17, 15) is 0 Å². The van der Waals surface area contributed by atoms with E-state index >= 15 is 0 Å². The molecule has 0 atom stereocenters. The number of aromatic nitrogens is 2. The molecule has 2 aromatic rings. The second-order valence-electron chi connectivity index (χ2n) is 4.36. The minimum Gasteiger partial charge on any atom is -0.409 e. The summed E-state index contributed by atoms with van der Waals surface area (Å²) >= 11 is 1.53. The molecule has 104 valence electrons. The number of nitrogens with zero attached hydrogens (tertiary/aromatic N) is 3. The fourth-order valence-corrected chi connectivity index (χ4v) is 2.80. The molecule has 0 aliphatic rings. The van der Waals surface area contributed by atoms with Crippen LogP contribution in [-0.2, 0) is 5.75 Å². The molecule has 0 unspecified atom stereocenters. The topological polar surface area (TPSA) is 84.4 Å². The Bertz CT molecular complexity index is 623. The molecule has 5 nitrogen and oxygen atoms in total.